The van der Waals surface area contributed by atoms with Crippen molar-refractivity contribution >= 4 is 15.9 Å². The fraction of sp³-hybridized carbons (Fsp3) is 0.333. The summed E-state index contributed by atoms with van der Waals surface area (Å²) in [6.07, 6.45) is -9.74. The maximum atomic E-state index is 12.5. The summed E-state index contributed by atoms with van der Waals surface area (Å²) in [4.78, 5) is 0. The molecule has 96 valence electrons. The summed E-state index contributed by atoms with van der Waals surface area (Å²) in [5.74, 6) is -0.894. The lowest BCUT2D eigenvalue weighted by molar-refractivity contribution is -0.274. The lowest BCUT2D eigenvalue weighted by atomic mass is 10.1. The van der Waals surface area contributed by atoms with Gasteiger partial charge in [0.1, 0.15) is 5.75 Å². The maximum absolute atomic E-state index is 12.5. The van der Waals surface area contributed by atoms with Crippen LogP contribution in [0.2, 0.25) is 0 Å². The van der Waals surface area contributed by atoms with E-state index in [0.29, 0.717) is 6.07 Å². The zero-order valence-electron chi connectivity index (χ0n) is 7.99. The SMILES string of the molecule is FC(F)(F)Oc1ccc(CBr)c(C(F)(F)F)c1. The van der Waals surface area contributed by atoms with Crippen LogP contribution in [0.5, 0.6) is 5.75 Å². The first-order chi connectivity index (χ1) is 7.63. The molecule has 0 radical (unpaired) electrons. The number of hydrogen-bond acceptors (Lipinski definition) is 1. The standard InChI is InChI=1S/C9H5BrF6O/c10-4-5-1-2-6(17-9(14,15)16)3-7(5)8(11,12)13/h1-3H,4H2. The largest absolute Gasteiger partial charge is 0.573 e. The Hall–Kier alpha value is -0.920. The van der Waals surface area contributed by atoms with E-state index < -0.39 is 23.9 Å². The molecule has 0 spiro atoms. The van der Waals surface area contributed by atoms with Crippen molar-refractivity contribution in [2.75, 3.05) is 0 Å². The monoisotopic (exact) mass is 322 g/mol. The minimum Gasteiger partial charge on any atom is -0.406 e. The van der Waals surface area contributed by atoms with Gasteiger partial charge in [-0.05, 0) is 17.7 Å². The molecule has 0 fully saturated rings. The molecule has 1 nitrogen and oxygen atoms in total. The Morgan fingerprint density at radius 2 is 1.65 bits per heavy atom. The Balaban J connectivity index is 3.14. The predicted molar refractivity (Wildman–Crippen MR) is 50.8 cm³/mol. The van der Waals surface area contributed by atoms with Crippen molar-refractivity contribution in [3.8, 4) is 5.75 Å². The molecule has 0 N–H and O–H groups in total. The highest BCUT2D eigenvalue weighted by atomic mass is 79.9. The van der Waals surface area contributed by atoms with Gasteiger partial charge in [-0.1, -0.05) is 22.0 Å². The molecule has 1 aromatic rings. The highest BCUT2D eigenvalue weighted by Crippen LogP contribution is 2.36. The van der Waals surface area contributed by atoms with Crippen molar-refractivity contribution in [1.29, 1.82) is 0 Å². The topological polar surface area (TPSA) is 9.23 Å². The normalized spacial score (nSPS) is 12.6. The number of hydrogen-bond donors (Lipinski definition) is 0. The van der Waals surface area contributed by atoms with E-state index in [1.807, 2.05) is 0 Å². The van der Waals surface area contributed by atoms with E-state index in [1.165, 1.54) is 0 Å². The molecule has 0 aliphatic rings. The van der Waals surface area contributed by atoms with Gasteiger partial charge < -0.3 is 4.74 Å². The van der Waals surface area contributed by atoms with Crippen molar-refractivity contribution in [3.63, 3.8) is 0 Å². The Bertz CT molecular complexity index is 397. The summed E-state index contributed by atoms with van der Waals surface area (Å²) < 4.78 is 76.4. The molecule has 0 unspecified atom stereocenters. The van der Waals surface area contributed by atoms with Crippen molar-refractivity contribution in [2.24, 2.45) is 0 Å². The molecular weight excluding hydrogens is 318 g/mol. The number of benzene rings is 1. The van der Waals surface area contributed by atoms with Gasteiger partial charge in [0.25, 0.3) is 0 Å². The lowest BCUT2D eigenvalue weighted by Crippen LogP contribution is -2.18. The fourth-order valence-electron chi connectivity index (χ4n) is 1.13. The van der Waals surface area contributed by atoms with Crippen LogP contribution in [0.4, 0.5) is 26.3 Å². The van der Waals surface area contributed by atoms with Crippen LogP contribution >= 0.6 is 15.9 Å². The van der Waals surface area contributed by atoms with Gasteiger partial charge in [-0.2, -0.15) is 13.2 Å². The van der Waals surface area contributed by atoms with E-state index in [9.17, 15) is 26.3 Å². The molecule has 0 atom stereocenters. The average molecular weight is 323 g/mol. The summed E-state index contributed by atoms with van der Waals surface area (Å²) in [6.45, 7) is 0. The Labute approximate surface area is 101 Å². The van der Waals surface area contributed by atoms with E-state index >= 15 is 0 Å². The Kier molecular flexibility index (Phi) is 3.95. The van der Waals surface area contributed by atoms with Crippen LogP contribution in [0.15, 0.2) is 18.2 Å². The van der Waals surface area contributed by atoms with E-state index in [4.69, 9.17) is 0 Å². The Morgan fingerprint density at radius 3 is 2.06 bits per heavy atom. The second kappa shape index (κ2) is 4.75. The lowest BCUT2D eigenvalue weighted by Gasteiger charge is -2.14. The zero-order chi connectivity index (χ0) is 13.3. The van der Waals surface area contributed by atoms with Gasteiger partial charge in [0.15, 0.2) is 0 Å². The second-order valence-electron chi connectivity index (χ2n) is 3.00. The molecule has 1 aromatic carbocycles. The first-order valence-electron chi connectivity index (χ1n) is 4.15. The molecule has 0 aliphatic carbocycles. The summed E-state index contributed by atoms with van der Waals surface area (Å²) in [7, 11) is 0. The number of ether oxygens (including phenoxy) is 1. The zero-order valence-corrected chi connectivity index (χ0v) is 9.58. The molecular formula is C9H5BrF6O. The minimum absolute atomic E-state index is 0.117. The average Bonchev–Trinajstić information content (AvgIpc) is 2.13. The molecule has 8 heteroatoms. The first kappa shape index (κ1) is 14.1. The van der Waals surface area contributed by atoms with Crippen LogP contribution in [0.25, 0.3) is 0 Å². The predicted octanol–water partition coefficient (Wildman–Crippen LogP) is 4.50. The van der Waals surface area contributed by atoms with Crippen LogP contribution in [-0.2, 0) is 11.5 Å². The van der Waals surface area contributed by atoms with Crippen molar-refractivity contribution < 1.29 is 31.1 Å². The van der Waals surface area contributed by atoms with Gasteiger partial charge in [-0.15, -0.1) is 13.2 Å². The van der Waals surface area contributed by atoms with Crippen molar-refractivity contribution in [3.05, 3.63) is 29.3 Å². The summed E-state index contributed by atoms with van der Waals surface area (Å²) in [6, 6.07) is 2.09. The molecule has 0 bridgehead atoms. The maximum Gasteiger partial charge on any atom is 0.573 e. The highest BCUT2D eigenvalue weighted by molar-refractivity contribution is 9.08. The summed E-state index contributed by atoms with van der Waals surface area (Å²) in [5, 5.41) is -0.117. The first-order valence-corrected chi connectivity index (χ1v) is 5.27. The van der Waals surface area contributed by atoms with Gasteiger partial charge >= 0.3 is 12.5 Å². The molecule has 0 aliphatic heterocycles. The van der Waals surface area contributed by atoms with Crippen molar-refractivity contribution in [1.82, 2.24) is 0 Å². The smallest absolute Gasteiger partial charge is 0.406 e. The van der Waals surface area contributed by atoms with Gasteiger partial charge in [0.05, 0.1) is 5.56 Å². The molecule has 0 amide bonds. The number of rotatable bonds is 2. The van der Waals surface area contributed by atoms with Gasteiger partial charge in [0, 0.05) is 5.33 Å². The van der Waals surface area contributed by atoms with E-state index in [-0.39, 0.29) is 10.9 Å². The van der Waals surface area contributed by atoms with Crippen LogP contribution < -0.4 is 4.74 Å². The van der Waals surface area contributed by atoms with Crippen LogP contribution in [-0.4, -0.2) is 6.36 Å². The third-order valence-corrected chi connectivity index (χ3v) is 2.37. The molecule has 0 aromatic heterocycles. The van der Waals surface area contributed by atoms with Crippen LogP contribution in [0, 0.1) is 0 Å². The summed E-state index contributed by atoms with van der Waals surface area (Å²) >= 11 is 2.82. The third-order valence-electron chi connectivity index (χ3n) is 1.76. The van der Waals surface area contributed by atoms with E-state index in [0.717, 1.165) is 12.1 Å². The van der Waals surface area contributed by atoms with E-state index in [2.05, 4.69) is 20.7 Å². The number of alkyl halides is 7. The molecule has 0 heterocycles. The molecule has 0 saturated carbocycles. The quantitative estimate of drug-likeness (QED) is 0.575. The highest BCUT2D eigenvalue weighted by Gasteiger charge is 2.36. The summed E-state index contributed by atoms with van der Waals surface area (Å²) in [5.41, 5.74) is -1.32. The molecule has 17 heavy (non-hydrogen) atoms. The van der Waals surface area contributed by atoms with Crippen LogP contribution in [0.1, 0.15) is 11.1 Å². The van der Waals surface area contributed by atoms with E-state index in [1.54, 1.807) is 0 Å². The van der Waals surface area contributed by atoms with Crippen molar-refractivity contribution in [2.45, 2.75) is 17.9 Å². The third kappa shape index (κ3) is 4.10. The van der Waals surface area contributed by atoms with Gasteiger partial charge in [-0.25, -0.2) is 0 Å². The second-order valence-corrected chi connectivity index (χ2v) is 3.56. The van der Waals surface area contributed by atoms with Gasteiger partial charge in [-0.3, -0.25) is 0 Å². The minimum atomic E-state index is -5.02. The molecule has 0 saturated heterocycles. The Morgan fingerprint density at radius 1 is 1.06 bits per heavy atom. The van der Waals surface area contributed by atoms with Gasteiger partial charge in [0.2, 0.25) is 0 Å². The number of halogens is 7. The molecule has 1 rings (SSSR count). The fourth-order valence-corrected chi connectivity index (χ4v) is 1.62. The van der Waals surface area contributed by atoms with Crippen LogP contribution in [0.3, 0.4) is 0 Å².